The fourth-order valence-electron chi connectivity index (χ4n) is 2.32. The van der Waals surface area contributed by atoms with E-state index in [9.17, 15) is 9.59 Å². The molecule has 24 heavy (non-hydrogen) atoms. The first kappa shape index (κ1) is 16.2. The van der Waals surface area contributed by atoms with Crippen LogP contribution in [0.15, 0.2) is 35.3 Å². The Balaban J connectivity index is 1.55. The molecule has 126 valence electrons. The Bertz CT molecular complexity index is 766. The Morgan fingerprint density at radius 3 is 2.83 bits per heavy atom. The summed E-state index contributed by atoms with van der Waals surface area (Å²) in [6.45, 7) is 2.72. The lowest BCUT2D eigenvalue weighted by atomic mass is 10.3. The molecule has 1 amide bonds. The van der Waals surface area contributed by atoms with Gasteiger partial charge in [0.05, 0.1) is 12.3 Å². The van der Waals surface area contributed by atoms with Crippen LogP contribution >= 0.6 is 0 Å². The number of ether oxygens (including phenoxy) is 1. The number of hydrogen-bond donors (Lipinski definition) is 1. The van der Waals surface area contributed by atoms with Crippen molar-refractivity contribution in [2.75, 3.05) is 6.61 Å². The van der Waals surface area contributed by atoms with Crippen molar-refractivity contribution in [1.82, 2.24) is 20.1 Å². The molecule has 0 bridgehead atoms. The van der Waals surface area contributed by atoms with Crippen molar-refractivity contribution in [2.45, 2.75) is 38.8 Å². The van der Waals surface area contributed by atoms with Gasteiger partial charge in [-0.05, 0) is 31.4 Å². The topological polar surface area (TPSA) is 86.1 Å². The highest BCUT2D eigenvalue weighted by Gasteiger charge is 2.25. The van der Waals surface area contributed by atoms with Crippen molar-refractivity contribution in [3.8, 4) is 5.88 Å². The fourth-order valence-corrected chi connectivity index (χ4v) is 2.32. The normalized spacial score (nSPS) is 13.5. The third kappa shape index (κ3) is 4.18. The van der Waals surface area contributed by atoms with Crippen LogP contribution in [0, 0.1) is 0 Å². The van der Waals surface area contributed by atoms with Crippen LogP contribution in [0.5, 0.6) is 5.88 Å². The second-order valence-electron chi connectivity index (χ2n) is 5.74. The number of hydrogen-bond acceptors (Lipinski definition) is 5. The number of pyridine rings is 1. The summed E-state index contributed by atoms with van der Waals surface area (Å²) < 4.78 is 6.49. The highest BCUT2D eigenvalue weighted by molar-refractivity contribution is 5.75. The lowest BCUT2D eigenvalue weighted by molar-refractivity contribution is -0.122. The molecule has 1 saturated carbocycles. The van der Waals surface area contributed by atoms with Crippen molar-refractivity contribution in [3.63, 3.8) is 0 Å². The molecular formula is C17H20N4O3. The average Bonchev–Trinajstić information content (AvgIpc) is 3.41. The van der Waals surface area contributed by atoms with Gasteiger partial charge in [0.1, 0.15) is 6.54 Å². The highest BCUT2D eigenvalue weighted by Crippen LogP contribution is 2.38. The molecule has 7 heteroatoms. The largest absolute Gasteiger partial charge is 0.478 e. The molecule has 1 N–H and O–H groups in total. The molecule has 0 unspecified atom stereocenters. The molecule has 0 radical (unpaired) electrons. The highest BCUT2D eigenvalue weighted by atomic mass is 16.5. The SMILES string of the molecule is CCOc1ccc(CNC(=O)Cn2nc(C3CC3)ccc2=O)cn1. The zero-order chi connectivity index (χ0) is 16.9. The van der Waals surface area contributed by atoms with Gasteiger partial charge in [0.2, 0.25) is 11.8 Å². The van der Waals surface area contributed by atoms with Gasteiger partial charge in [0.15, 0.2) is 0 Å². The molecule has 1 aliphatic carbocycles. The molecule has 0 atom stereocenters. The number of carbonyl (C=O) groups is 1. The van der Waals surface area contributed by atoms with Crippen LogP contribution in [0.3, 0.4) is 0 Å². The lowest BCUT2D eigenvalue weighted by Gasteiger charge is -2.08. The van der Waals surface area contributed by atoms with E-state index in [1.807, 2.05) is 13.0 Å². The standard InChI is InChI=1S/C17H20N4O3/c1-2-24-16-7-3-12(10-19-16)9-18-15(22)11-21-17(23)8-6-14(20-21)13-4-5-13/h3,6-8,10,13H,2,4-5,9,11H2,1H3,(H,18,22). The van der Waals surface area contributed by atoms with E-state index in [-0.39, 0.29) is 18.0 Å². The second kappa shape index (κ2) is 7.25. The predicted octanol–water partition coefficient (Wildman–Crippen LogP) is 1.23. The van der Waals surface area contributed by atoms with Crippen LogP contribution in [0.2, 0.25) is 0 Å². The Morgan fingerprint density at radius 2 is 2.17 bits per heavy atom. The molecule has 1 aliphatic rings. The van der Waals surface area contributed by atoms with Gasteiger partial charge in [0.25, 0.3) is 5.56 Å². The van der Waals surface area contributed by atoms with E-state index in [2.05, 4.69) is 15.4 Å². The van der Waals surface area contributed by atoms with Gasteiger partial charge >= 0.3 is 0 Å². The molecule has 2 aromatic heterocycles. The fraction of sp³-hybridized carbons (Fsp3) is 0.412. The molecule has 7 nitrogen and oxygen atoms in total. The third-order valence-corrected chi connectivity index (χ3v) is 3.76. The first-order chi connectivity index (χ1) is 11.7. The van der Waals surface area contributed by atoms with Crippen molar-refractivity contribution in [1.29, 1.82) is 0 Å². The molecule has 0 aliphatic heterocycles. The minimum absolute atomic E-state index is 0.0795. The van der Waals surface area contributed by atoms with Crippen LogP contribution in [0.1, 0.15) is 36.9 Å². The first-order valence-electron chi connectivity index (χ1n) is 8.08. The Hall–Kier alpha value is -2.70. The maximum atomic E-state index is 12.0. The number of amides is 1. The van der Waals surface area contributed by atoms with Crippen molar-refractivity contribution in [3.05, 3.63) is 52.1 Å². The number of nitrogens with zero attached hydrogens (tertiary/aromatic N) is 3. The van der Waals surface area contributed by atoms with Gasteiger partial charge in [-0.25, -0.2) is 9.67 Å². The molecule has 1 fully saturated rings. The monoisotopic (exact) mass is 328 g/mol. The van der Waals surface area contributed by atoms with Crippen molar-refractivity contribution >= 4 is 5.91 Å². The molecule has 3 rings (SSSR count). The van der Waals surface area contributed by atoms with Crippen LogP contribution in [-0.2, 0) is 17.9 Å². The molecule has 0 spiro atoms. The first-order valence-corrected chi connectivity index (χ1v) is 8.08. The predicted molar refractivity (Wildman–Crippen MR) is 87.7 cm³/mol. The molecular weight excluding hydrogens is 308 g/mol. The summed E-state index contributed by atoms with van der Waals surface area (Å²) in [5, 5.41) is 7.05. The zero-order valence-electron chi connectivity index (χ0n) is 13.6. The molecule has 0 saturated heterocycles. The summed E-state index contributed by atoms with van der Waals surface area (Å²) >= 11 is 0. The van der Waals surface area contributed by atoms with Crippen LogP contribution in [0.25, 0.3) is 0 Å². The second-order valence-corrected chi connectivity index (χ2v) is 5.74. The summed E-state index contributed by atoms with van der Waals surface area (Å²) in [4.78, 5) is 28.0. The third-order valence-electron chi connectivity index (χ3n) is 3.76. The summed E-state index contributed by atoms with van der Waals surface area (Å²) in [6.07, 6.45) is 3.85. The smallest absolute Gasteiger partial charge is 0.267 e. The molecule has 2 aromatic rings. The van der Waals surface area contributed by atoms with Gasteiger partial charge in [-0.1, -0.05) is 6.07 Å². The Morgan fingerprint density at radius 1 is 1.33 bits per heavy atom. The van der Waals surface area contributed by atoms with E-state index in [0.717, 1.165) is 24.1 Å². The van der Waals surface area contributed by atoms with Crippen LogP contribution in [-0.4, -0.2) is 27.3 Å². The van der Waals surface area contributed by atoms with E-state index in [0.29, 0.717) is 24.9 Å². The van der Waals surface area contributed by atoms with Gasteiger partial charge in [-0.2, -0.15) is 5.10 Å². The molecule has 2 heterocycles. The van der Waals surface area contributed by atoms with Crippen LogP contribution < -0.4 is 15.6 Å². The lowest BCUT2D eigenvalue weighted by Crippen LogP contribution is -2.33. The van der Waals surface area contributed by atoms with Gasteiger partial charge in [0, 0.05) is 30.8 Å². The Labute approximate surface area is 139 Å². The van der Waals surface area contributed by atoms with Crippen molar-refractivity contribution in [2.24, 2.45) is 0 Å². The van der Waals surface area contributed by atoms with Gasteiger partial charge in [-0.15, -0.1) is 0 Å². The molecule has 0 aromatic carbocycles. The summed E-state index contributed by atoms with van der Waals surface area (Å²) in [5.74, 6) is 0.737. The summed E-state index contributed by atoms with van der Waals surface area (Å²) in [5.41, 5.74) is 1.48. The van der Waals surface area contributed by atoms with E-state index in [4.69, 9.17) is 4.74 Å². The van der Waals surface area contributed by atoms with E-state index < -0.39 is 0 Å². The maximum absolute atomic E-state index is 12.0. The summed E-state index contributed by atoms with van der Waals surface area (Å²) in [7, 11) is 0. The average molecular weight is 328 g/mol. The minimum Gasteiger partial charge on any atom is -0.478 e. The number of nitrogens with one attached hydrogen (secondary N) is 1. The van der Waals surface area contributed by atoms with E-state index in [1.54, 1.807) is 18.3 Å². The maximum Gasteiger partial charge on any atom is 0.267 e. The number of carbonyl (C=O) groups excluding carboxylic acids is 1. The summed E-state index contributed by atoms with van der Waals surface area (Å²) in [6, 6.07) is 6.83. The number of aromatic nitrogens is 3. The zero-order valence-corrected chi connectivity index (χ0v) is 13.6. The van der Waals surface area contributed by atoms with Gasteiger partial charge in [-0.3, -0.25) is 9.59 Å². The van der Waals surface area contributed by atoms with E-state index >= 15 is 0 Å². The van der Waals surface area contributed by atoms with Crippen LogP contribution in [0.4, 0.5) is 0 Å². The minimum atomic E-state index is -0.266. The van der Waals surface area contributed by atoms with Gasteiger partial charge < -0.3 is 10.1 Å². The van der Waals surface area contributed by atoms with E-state index in [1.165, 1.54) is 10.7 Å². The van der Waals surface area contributed by atoms with Crippen molar-refractivity contribution < 1.29 is 9.53 Å². The Kier molecular flexibility index (Phi) is 4.88. The quantitative estimate of drug-likeness (QED) is 0.826. The number of rotatable bonds is 7.